The molecule has 4 rings (SSSR count). The maximum absolute atomic E-state index is 9.49. The molecule has 2 aromatic carbocycles. The van der Waals surface area contributed by atoms with E-state index in [1.165, 1.54) is 0 Å². The number of nitrogens with zero attached hydrogens (tertiary/aromatic N) is 2. The van der Waals surface area contributed by atoms with Gasteiger partial charge in [-0.2, -0.15) is 0 Å². The largest absolute Gasteiger partial charge is 0.493 e. The fourth-order valence-electron chi connectivity index (χ4n) is 3.03. The first-order valence-corrected chi connectivity index (χ1v) is 10.5. The van der Waals surface area contributed by atoms with Crippen molar-refractivity contribution in [1.29, 1.82) is 0 Å². The van der Waals surface area contributed by atoms with Crippen molar-refractivity contribution in [2.45, 2.75) is 31.0 Å². The van der Waals surface area contributed by atoms with Crippen molar-refractivity contribution >= 4 is 11.8 Å². The van der Waals surface area contributed by atoms with Gasteiger partial charge in [-0.1, -0.05) is 30.3 Å². The minimum Gasteiger partial charge on any atom is -0.493 e. The Hall–Kier alpha value is -2.35. The molecule has 0 aliphatic carbocycles. The summed E-state index contributed by atoms with van der Waals surface area (Å²) >= 11 is 1.69. The van der Waals surface area contributed by atoms with Gasteiger partial charge < -0.3 is 19.0 Å². The third kappa shape index (κ3) is 4.92. The lowest BCUT2D eigenvalue weighted by Gasteiger charge is -2.10. The number of hydrogen-bond acceptors (Lipinski definition) is 7. The molecule has 0 unspecified atom stereocenters. The van der Waals surface area contributed by atoms with Crippen molar-refractivity contribution in [2.24, 2.45) is 0 Å². The second kappa shape index (κ2) is 9.23. The van der Waals surface area contributed by atoms with Crippen LogP contribution in [0.25, 0.3) is 11.5 Å². The Bertz CT molecular complexity index is 870. The molecule has 2 heterocycles. The summed E-state index contributed by atoms with van der Waals surface area (Å²) in [6.07, 6.45) is 0.805. The first kappa shape index (κ1) is 19.0. The molecule has 28 heavy (non-hydrogen) atoms. The fraction of sp³-hybridized carbons (Fsp3) is 0.333. The van der Waals surface area contributed by atoms with Gasteiger partial charge in [-0.05, 0) is 36.2 Å². The standard InChI is InChI=1S/C21H22N2O4S/c24-20-11-10-18(26-20)15-6-8-16(9-7-15)21-23-22-19(27-21)14-28-13-12-25-17-4-2-1-3-5-17/h1-9,18,20,24H,10-14H2/t18-,20-/m1/s1. The number of para-hydroxylation sites is 1. The van der Waals surface area contributed by atoms with Crippen LogP contribution in [-0.2, 0) is 10.5 Å². The summed E-state index contributed by atoms with van der Waals surface area (Å²) in [5, 5.41) is 17.8. The van der Waals surface area contributed by atoms with Crippen molar-refractivity contribution in [3.05, 3.63) is 66.1 Å². The third-order valence-corrected chi connectivity index (χ3v) is 5.36. The van der Waals surface area contributed by atoms with Gasteiger partial charge in [0.05, 0.1) is 18.5 Å². The van der Waals surface area contributed by atoms with Crippen molar-refractivity contribution in [3.8, 4) is 17.2 Å². The van der Waals surface area contributed by atoms with Gasteiger partial charge in [0.15, 0.2) is 6.29 Å². The zero-order valence-corrected chi connectivity index (χ0v) is 16.2. The minimum absolute atomic E-state index is 0.0446. The van der Waals surface area contributed by atoms with Crippen LogP contribution >= 0.6 is 11.8 Å². The quantitative estimate of drug-likeness (QED) is 0.569. The topological polar surface area (TPSA) is 77.6 Å². The molecule has 1 fully saturated rings. The van der Waals surface area contributed by atoms with E-state index >= 15 is 0 Å². The summed E-state index contributed by atoms with van der Waals surface area (Å²) in [6.45, 7) is 0.634. The number of rotatable bonds is 8. The average molecular weight is 398 g/mol. The van der Waals surface area contributed by atoms with Gasteiger partial charge in [0, 0.05) is 17.7 Å². The predicted molar refractivity (Wildman–Crippen MR) is 107 cm³/mol. The average Bonchev–Trinajstić information content (AvgIpc) is 3.38. The molecule has 1 N–H and O–H groups in total. The lowest BCUT2D eigenvalue weighted by atomic mass is 10.0. The molecule has 1 aliphatic heterocycles. The SMILES string of the molecule is O[C@H]1CC[C@H](c2ccc(-c3nnc(CSCCOc4ccccc4)o3)cc2)O1. The molecular weight excluding hydrogens is 376 g/mol. The highest BCUT2D eigenvalue weighted by atomic mass is 32.2. The van der Waals surface area contributed by atoms with Crippen molar-refractivity contribution in [1.82, 2.24) is 10.2 Å². The van der Waals surface area contributed by atoms with Crippen LogP contribution in [0, 0.1) is 0 Å². The molecule has 0 spiro atoms. The number of hydrogen-bond donors (Lipinski definition) is 1. The number of aliphatic hydroxyl groups is 1. The van der Waals surface area contributed by atoms with E-state index in [9.17, 15) is 5.11 Å². The van der Waals surface area contributed by atoms with Gasteiger partial charge >= 0.3 is 0 Å². The van der Waals surface area contributed by atoms with E-state index in [1.807, 2.05) is 54.6 Å². The molecule has 1 aromatic heterocycles. The summed E-state index contributed by atoms with van der Waals surface area (Å²) in [7, 11) is 0. The third-order valence-electron chi connectivity index (χ3n) is 4.46. The van der Waals surface area contributed by atoms with Crippen LogP contribution in [0.4, 0.5) is 0 Å². The maximum Gasteiger partial charge on any atom is 0.247 e. The molecule has 1 saturated heterocycles. The number of thioether (sulfide) groups is 1. The second-order valence-electron chi connectivity index (χ2n) is 6.49. The van der Waals surface area contributed by atoms with Crippen LogP contribution in [0.3, 0.4) is 0 Å². The molecule has 0 bridgehead atoms. The van der Waals surface area contributed by atoms with Gasteiger partial charge in [0.1, 0.15) is 5.75 Å². The maximum atomic E-state index is 9.49. The van der Waals surface area contributed by atoms with E-state index in [1.54, 1.807) is 11.8 Å². The summed E-state index contributed by atoms with van der Waals surface area (Å²) in [4.78, 5) is 0. The van der Waals surface area contributed by atoms with Crippen LogP contribution in [-0.4, -0.2) is 34.0 Å². The normalized spacial score (nSPS) is 19.0. The van der Waals surface area contributed by atoms with Crippen LogP contribution in [0.5, 0.6) is 5.75 Å². The molecule has 0 amide bonds. The zero-order chi connectivity index (χ0) is 19.2. The molecule has 0 radical (unpaired) electrons. The van der Waals surface area contributed by atoms with Crippen LogP contribution in [0.2, 0.25) is 0 Å². The summed E-state index contributed by atoms with van der Waals surface area (Å²) in [5.74, 6) is 3.48. The monoisotopic (exact) mass is 398 g/mol. The Labute approximate surface area is 167 Å². The van der Waals surface area contributed by atoms with Crippen LogP contribution in [0.15, 0.2) is 59.0 Å². The Morgan fingerprint density at radius 1 is 1.04 bits per heavy atom. The number of aromatic nitrogens is 2. The van der Waals surface area contributed by atoms with Gasteiger partial charge in [-0.15, -0.1) is 22.0 Å². The Morgan fingerprint density at radius 3 is 2.61 bits per heavy atom. The van der Waals surface area contributed by atoms with Crippen molar-refractivity contribution < 1.29 is 19.0 Å². The lowest BCUT2D eigenvalue weighted by molar-refractivity contribution is -0.0913. The summed E-state index contributed by atoms with van der Waals surface area (Å²) in [5.41, 5.74) is 1.92. The molecule has 7 heteroatoms. The van der Waals surface area contributed by atoms with Crippen LogP contribution in [0.1, 0.15) is 30.4 Å². The van der Waals surface area contributed by atoms with E-state index in [4.69, 9.17) is 13.9 Å². The minimum atomic E-state index is -0.654. The molecule has 6 nitrogen and oxygen atoms in total. The Morgan fingerprint density at radius 2 is 1.86 bits per heavy atom. The van der Waals surface area contributed by atoms with E-state index in [0.717, 1.165) is 29.1 Å². The number of aliphatic hydroxyl groups excluding tert-OH is 1. The van der Waals surface area contributed by atoms with Crippen molar-refractivity contribution in [2.75, 3.05) is 12.4 Å². The van der Waals surface area contributed by atoms with Gasteiger partial charge in [0.25, 0.3) is 0 Å². The van der Waals surface area contributed by atoms with Gasteiger partial charge in [-0.3, -0.25) is 0 Å². The molecule has 146 valence electrons. The molecule has 1 aliphatic rings. The smallest absolute Gasteiger partial charge is 0.247 e. The predicted octanol–water partition coefficient (Wildman–Crippen LogP) is 4.22. The molecule has 0 saturated carbocycles. The second-order valence-corrected chi connectivity index (χ2v) is 7.60. The van der Waals surface area contributed by atoms with Crippen LogP contribution < -0.4 is 4.74 Å². The molecular formula is C21H22N2O4S. The highest BCUT2D eigenvalue weighted by molar-refractivity contribution is 7.98. The zero-order valence-electron chi connectivity index (χ0n) is 15.4. The van der Waals surface area contributed by atoms with E-state index < -0.39 is 6.29 Å². The van der Waals surface area contributed by atoms with E-state index in [2.05, 4.69) is 10.2 Å². The fourth-order valence-corrected chi connectivity index (χ4v) is 3.67. The highest BCUT2D eigenvalue weighted by Crippen LogP contribution is 2.32. The molecule has 3 aromatic rings. The molecule has 2 atom stereocenters. The Balaban J connectivity index is 1.24. The lowest BCUT2D eigenvalue weighted by Crippen LogP contribution is -2.03. The van der Waals surface area contributed by atoms with Gasteiger partial charge in [0.2, 0.25) is 11.8 Å². The Kier molecular flexibility index (Phi) is 6.26. The van der Waals surface area contributed by atoms with Gasteiger partial charge in [-0.25, -0.2) is 0 Å². The first-order chi connectivity index (χ1) is 13.8. The number of benzene rings is 2. The summed E-state index contributed by atoms with van der Waals surface area (Å²) < 4.78 is 16.9. The van der Waals surface area contributed by atoms with E-state index in [0.29, 0.717) is 30.6 Å². The van der Waals surface area contributed by atoms with Crippen molar-refractivity contribution in [3.63, 3.8) is 0 Å². The number of ether oxygens (including phenoxy) is 2. The van der Waals surface area contributed by atoms with E-state index in [-0.39, 0.29) is 6.10 Å². The highest BCUT2D eigenvalue weighted by Gasteiger charge is 2.24. The summed E-state index contributed by atoms with van der Waals surface area (Å²) in [6, 6.07) is 17.6. The first-order valence-electron chi connectivity index (χ1n) is 9.30.